The monoisotopic (exact) mass is 194 g/mol. The molecule has 0 aliphatic carbocycles. The van der Waals surface area contributed by atoms with Gasteiger partial charge < -0.3 is 9.47 Å². The predicted octanol–water partition coefficient (Wildman–Crippen LogP) is 1.94. The number of esters is 1. The zero-order chi connectivity index (χ0) is 10.4. The van der Waals surface area contributed by atoms with Crippen molar-refractivity contribution in [3.63, 3.8) is 0 Å². The average Bonchev–Trinajstić information content (AvgIpc) is 2.58. The van der Waals surface area contributed by atoms with Gasteiger partial charge in [-0.2, -0.15) is 0 Å². The van der Waals surface area contributed by atoms with Crippen LogP contribution in [0.3, 0.4) is 0 Å². The summed E-state index contributed by atoms with van der Waals surface area (Å²) in [6.07, 6.45) is 4.80. The van der Waals surface area contributed by atoms with Gasteiger partial charge in [-0.25, -0.2) is 4.79 Å². The second-order valence-electron chi connectivity index (χ2n) is 4.12. The molecule has 0 aromatic rings. The van der Waals surface area contributed by atoms with Crippen molar-refractivity contribution < 1.29 is 14.3 Å². The van der Waals surface area contributed by atoms with Crippen LogP contribution in [0.15, 0.2) is 24.3 Å². The van der Waals surface area contributed by atoms with Crippen molar-refractivity contribution >= 4 is 5.97 Å². The van der Waals surface area contributed by atoms with Gasteiger partial charge in [-0.15, -0.1) is 6.58 Å². The minimum atomic E-state index is -0.806. The highest BCUT2D eigenvalue weighted by molar-refractivity contribution is 5.86. The van der Waals surface area contributed by atoms with Crippen molar-refractivity contribution in [2.75, 3.05) is 0 Å². The van der Waals surface area contributed by atoms with Crippen LogP contribution in [-0.4, -0.2) is 17.4 Å². The number of hydrogen-bond donors (Lipinski definition) is 0. The molecule has 0 radical (unpaired) electrons. The molecular formula is C11H14O3. The molecule has 2 rings (SSSR count). The van der Waals surface area contributed by atoms with Crippen LogP contribution in [0.2, 0.25) is 0 Å². The first-order valence-corrected chi connectivity index (χ1v) is 4.75. The predicted molar refractivity (Wildman–Crippen MR) is 51.5 cm³/mol. The van der Waals surface area contributed by atoms with Crippen molar-refractivity contribution in [1.29, 1.82) is 0 Å². The molecule has 0 aromatic heterocycles. The van der Waals surface area contributed by atoms with E-state index in [1.54, 1.807) is 6.08 Å². The molecule has 14 heavy (non-hydrogen) atoms. The van der Waals surface area contributed by atoms with Gasteiger partial charge in [-0.1, -0.05) is 6.08 Å². The van der Waals surface area contributed by atoms with Crippen LogP contribution in [0.25, 0.3) is 0 Å². The van der Waals surface area contributed by atoms with Crippen LogP contribution in [-0.2, 0) is 14.3 Å². The Morgan fingerprint density at radius 1 is 1.57 bits per heavy atom. The van der Waals surface area contributed by atoms with Crippen LogP contribution >= 0.6 is 0 Å². The zero-order valence-electron chi connectivity index (χ0n) is 8.50. The molecule has 3 heteroatoms. The lowest BCUT2D eigenvalue weighted by atomic mass is 10.0. The first-order valence-electron chi connectivity index (χ1n) is 4.75. The fraction of sp³-hybridized carbons (Fsp3) is 0.545. The van der Waals surface area contributed by atoms with Gasteiger partial charge in [0.05, 0.1) is 5.60 Å². The summed E-state index contributed by atoms with van der Waals surface area (Å²) in [6, 6.07) is 0. The van der Waals surface area contributed by atoms with Gasteiger partial charge in [0.1, 0.15) is 0 Å². The van der Waals surface area contributed by atoms with E-state index >= 15 is 0 Å². The Morgan fingerprint density at radius 3 is 2.71 bits per heavy atom. The van der Waals surface area contributed by atoms with Gasteiger partial charge in [0.25, 0.3) is 0 Å². The summed E-state index contributed by atoms with van der Waals surface area (Å²) in [4.78, 5) is 11.1. The molecule has 0 N–H and O–H groups in total. The molecule has 1 spiro atoms. The lowest BCUT2D eigenvalue weighted by Gasteiger charge is -2.28. The second kappa shape index (κ2) is 2.70. The Kier molecular flexibility index (Phi) is 1.83. The Labute approximate surface area is 83.4 Å². The van der Waals surface area contributed by atoms with Gasteiger partial charge in [-0.05, 0) is 20.3 Å². The summed E-state index contributed by atoms with van der Waals surface area (Å²) in [5.41, 5.74) is 0.479. The zero-order valence-corrected chi connectivity index (χ0v) is 8.50. The van der Waals surface area contributed by atoms with E-state index < -0.39 is 5.79 Å². The largest absolute Gasteiger partial charge is 0.426 e. The fourth-order valence-corrected chi connectivity index (χ4v) is 1.94. The quantitative estimate of drug-likeness (QED) is 0.472. The van der Waals surface area contributed by atoms with E-state index in [9.17, 15) is 4.79 Å². The van der Waals surface area contributed by atoms with Crippen molar-refractivity contribution in [2.45, 2.75) is 38.1 Å². The Bertz CT molecular complexity index is 331. The van der Waals surface area contributed by atoms with Crippen molar-refractivity contribution in [1.82, 2.24) is 0 Å². The molecule has 1 fully saturated rings. The van der Waals surface area contributed by atoms with E-state index in [4.69, 9.17) is 9.47 Å². The summed E-state index contributed by atoms with van der Waals surface area (Å²) in [5.74, 6) is -1.11. The summed E-state index contributed by atoms with van der Waals surface area (Å²) < 4.78 is 11.0. The maximum absolute atomic E-state index is 11.1. The summed E-state index contributed by atoms with van der Waals surface area (Å²) in [5, 5.41) is 0. The second-order valence-corrected chi connectivity index (χ2v) is 4.12. The minimum absolute atomic E-state index is 0.309. The van der Waals surface area contributed by atoms with Crippen LogP contribution in [0, 0.1) is 0 Å². The van der Waals surface area contributed by atoms with Crippen molar-refractivity contribution in [3.05, 3.63) is 24.3 Å². The Hall–Kier alpha value is -1.09. The lowest BCUT2D eigenvalue weighted by Crippen LogP contribution is -2.34. The molecule has 1 saturated heterocycles. The van der Waals surface area contributed by atoms with Crippen LogP contribution < -0.4 is 0 Å². The summed E-state index contributed by atoms with van der Waals surface area (Å²) >= 11 is 0. The van der Waals surface area contributed by atoms with E-state index in [-0.39, 0.29) is 11.6 Å². The van der Waals surface area contributed by atoms with E-state index in [1.807, 2.05) is 13.8 Å². The van der Waals surface area contributed by atoms with Gasteiger partial charge >= 0.3 is 5.97 Å². The topological polar surface area (TPSA) is 35.5 Å². The van der Waals surface area contributed by atoms with E-state index in [1.165, 1.54) is 6.08 Å². The molecule has 3 nitrogen and oxygen atoms in total. The van der Waals surface area contributed by atoms with E-state index in [2.05, 4.69) is 6.58 Å². The molecular weight excluding hydrogens is 180 g/mol. The summed E-state index contributed by atoms with van der Waals surface area (Å²) in [6.45, 7) is 7.54. The third-order valence-corrected chi connectivity index (χ3v) is 2.98. The highest BCUT2D eigenvalue weighted by atomic mass is 16.7. The van der Waals surface area contributed by atoms with Gasteiger partial charge in [0.2, 0.25) is 5.79 Å². The molecule has 2 aliphatic rings. The number of carbonyl (C=O) groups excluding carboxylic acids is 1. The molecule has 2 heterocycles. The molecule has 0 aromatic carbocycles. The normalized spacial score (nSPS) is 41.3. The van der Waals surface area contributed by atoms with Crippen molar-refractivity contribution in [2.24, 2.45) is 0 Å². The third-order valence-electron chi connectivity index (χ3n) is 2.98. The average molecular weight is 194 g/mol. The SMILES string of the molecule is C=CC1(C)CCC2(OC(=O)C=C2C)O1. The number of carbonyl (C=O) groups is 1. The highest BCUT2D eigenvalue weighted by Crippen LogP contribution is 2.45. The van der Waals surface area contributed by atoms with Gasteiger partial charge in [-0.3, -0.25) is 0 Å². The van der Waals surface area contributed by atoms with E-state index in [0.717, 1.165) is 12.0 Å². The standard InChI is InChI=1S/C11H14O3/c1-4-10(3)5-6-11(14-10)8(2)7-9(12)13-11/h4,7H,1,5-6H2,2-3H3. The molecule has 0 bridgehead atoms. The third kappa shape index (κ3) is 1.20. The van der Waals surface area contributed by atoms with Crippen molar-refractivity contribution in [3.8, 4) is 0 Å². The maximum atomic E-state index is 11.1. The van der Waals surface area contributed by atoms with E-state index in [0.29, 0.717) is 6.42 Å². The number of ether oxygens (including phenoxy) is 2. The highest BCUT2D eigenvalue weighted by Gasteiger charge is 2.52. The number of rotatable bonds is 1. The first-order chi connectivity index (χ1) is 6.50. The number of hydrogen-bond acceptors (Lipinski definition) is 3. The van der Waals surface area contributed by atoms with Crippen LogP contribution in [0.4, 0.5) is 0 Å². The van der Waals surface area contributed by atoms with Gasteiger partial charge in [0, 0.05) is 18.1 Å². The fourth-order valence-electron chi connectivity index (χ4n) is 1.94. The molecule has 0 saturated carbocycles. The first kappa shape index (κ1) is 9.46. The molecule has 0 amide bonds. The van der Waals surface area contributed by atoms with Crippen LogP contribution in [0.5, 0.6) is 0 Å². The lowest BCUT2D eigenvalue weighted by molar-refractivity contribution is -0.204. The molecule has 2 unspecified atom stereocenters. The Morgan fingerprint density at radius 2 is 2.29 bits per heavy atom. The Balaban J connectivity index is 2.27. The summed E-state index contributed by atoms with van der Waals surface area (Å²) in [7, 11) is 0. The molecule has 2 atom stereocenters. The smallest absolute Gasteiger partial charge is 0.333 e. The van der Waals surface area contributed by atoms with Crippen LogP contribution in [0.1, 0.15) is 26.7 Å². The minimum Gasteiger partial charge on any atom is -0.426 e. The maximum Gasteiger partial charge on any atom is 0.333 e. The molecule has 2 aliphatic heterocycles. The van der Waals surface area contributed by atoms with Gasteiger partial charge in [0.15, 0.2) is 0 Å². The molecule has 76 valence electrons.